The van der Waals surface area contributed by atoms with Crippen LogP contribution in [0.25, 0.3) is 0 Å². The average Bonchev–Trinajstić information content (AvgIpc) is 2.35. The average molecular weight is 250 g/mol. The zero-order chi connectivity index (χ0) is 13.5. The summed E-state index contributed by atoms with van der Waals surface area (Å²) in [6.45, 7) is 6.75. The molecule has 1 N–H and O–H groups in total. The van der Waals surface area contributed by atoms with Crippen LogP contribution in [0.5, 0.6) is 0 Å². The molecule has 0 aliphatic carbocycles. The van der Waals surface area contributed by atoms with E-state index in [-0.39, 0.29) is 12.0 Å². The molecule has 1 heterocycles. The van der Waals surface area contributed by atoms with E-state index in [4.69, 9.17) is 4.74 Å². The lowest BCUT2D eigenvalue weighted by atomic mass is 10.0. The number of ether oxygens (including phenoxy) is 1. The van der Waals surface area contributed by atoms with Gasteiger partial charge in [-0.1, -0.05) is 19.9 Å². The predicted octanol–water partition coefficient (Wildman–Crippen LogP) is 2.07. The smallest absolute Gasteiger partial charge is 0.322 e. The minimum atomic E-state index is -0.266. The Kier molecular flexibility index (Phi) is 5.78. The van der Waals surface area contributed by atoms with Gasteiger partial charge in [0.1, 0.15) is 6.04 Å². The van der Waals surface area contributed by atoms with E-state index < -0.39 is 0 Å². The quantitative estimate of drug-likeness (QED) is 0.785. The number of carbonyl (C=O) groups excluding carboxylic acids is 1. The molecule has 0 saturated heterocycles. The first-order chi connectivity index (χ1) is 8.52. The number of aryl methyl sites for hydroxylation is 1. The summed E-state index contributed by atoms with van der Waals surface area (Å²) in [4.78, 5) is 15.9. The molecule has 1 rings (SSSR count). The molecule has 0 aliphatic rings. The maximum absolute atomic E-state index is 11.6. The molecule has 4 heteroatoms. The van der Waals surface area contributed by atoms with Crippen molar-refractivity contribution in [1.29, 1.82) is 0 Å². The van der Waals surface area contributed by atoms with Gasteiger partial charge in [-0.25, -0.2) is 0 Å². The topological polar surface area (TPSA) is 51.2 Å². The van der Waals surface area contributed by atoms with E-state index in [0.29, 0.717) is 12.5 Å². The number of carbonyl (C=O) groups is 1. The van der Waals surface area contributed by atoms with E-state index in [0.717, 1.165) is 17.7 Å². The molecule has 0 aliphatic heterocycles. The summed E-state index contributed by atoms with van der Waals surface area (Å²) in [5, 5.41) is 3.20. The third-order valence-electron chi connectivity index (χ3n) is 2.70. The van der Waals surface area contributed by atoms with E-state index in [1.165, 1.54) is 7.11 Å². The van der Waals surface area contributed by atoms with Gasteiger partial charge in [0.25, 0.3) is 0 Å². The number of rotatable bonds is 6. The Balaban J connectivity index is 2.55. The standard InChI is InChI=1S/C14H22N2O2/c1-10(2)7-13(14(17)18-4)16-9-12-6-5-11(3)8-15-12/h5-6,8,10,13,16H,7,9H2,1-4H3. The van der Waals surface area contributed by atoms with Crippen molar-refractivity contribution in [1.82, 2.24) is 10.3 Å². The Morgan fingerprint density at radius 2 is 2.17 bits per heavy atom. The molecule has 1 aromatic rings. The summed E-state index contributed by atoms with van der Waals surface area (Å²) in [6.07, 6.45) is 2.59. The number of nitrogens with one attached hydrogen (secondary N) is 1. The van der Waals surface area contributed by atoms with E-state index in [2.05, 4.69) is 24.1 Å². The SMILES string of the molecule is COC(=O)C(CC(C)C)NCc1ccc(C)cn1. The molecular weight excluding hydrogens is 228 g/mol. The minimum Gasteiger partial charge on any atom is -0.468 e. The van der Waals surface area contributed by atoms with Gasteiger partial charge in [0.05, 0.1) is 12.8 Å². The number of pyridine rings is 1. The first-order valence-electron chi connectivity index (χ1n) is 6.25. The lowest BCUT2D eigenvalue weighted by Gasteiger charge is -2.18. The molecule has 0 saturated carbocycles. The minimum absolute atomic E-state index is 0.212. The normalized spacial score (nSPS) is 12.5. The van der Waals surface area contributed by atoms with Gasteiger partial charge in [0.15, 0.2) is 0 Å². The summed E-state index contributed by atoms with van der Waals surface area (Å²) in [6, 6.07) is 3.71. The van der Waals surface area contributed by atoms with Crippen LogP contribution in [0.2, 0.25) is 0 Å². The van der Waals surface area contributed by atoms with Crippen molar-refractivity contribution in [2.75, 3.05) is 7.11 Å². The van der Waals surface area contributed by atoms with Gasteiger partial charge in [-0.05, 0) is 30.9 Å². The van der Waals surface area contributed by atoms with Gasteiger partial charge >= 0.3 is 5.97 Å². The summed E-state index contributed by atoms with van der Waals surface area (Å²) in [7, 11) is 1.42. The fraction of sp³-hybridized carbons (Fsp3) is 0.571. The lowest BCUT2D eigenvalue weighted by Crippen LogP contribution is -2.38. The molecule has 0 aromatic carbocycles. The molecule has 18 heavy (non-hydrogen) atoms. The first kappa shape index (κ1) is 14.6. The second-order valence-corrected chi connectivity index (χ2v) is 4.91. The molecule has 0 spiro atoms. The highest BCUT2D eigenvalue weighted by molar-refractivity contribution is 5.75. The summed E-state index contributed by atoms with van der Waals surface area (Å²) < 4.78 is 4.80. The summed E-state index contributed by atoms with van der Waals surface area (Å²) >= 11 is 0. The zero-order valence-electron chi connectivity index (χ0n) is 11.6. The summed E-state index contributed by atoms with van der Waals surface area (Å²) in [5.41, 5.74) is 2.06. The third-order valence-corrected chi connectivity index (χ3v) is 2.70. The Hall–Kier alpha value is -1.42. The predicted molar refractivity (Wildman–Crippen MR) is 71.1 cm³/mol. The fourth-order valence-corrected chi connectivity index (χ4v) is 1.71. The molecule has 0 fully saturated rings. The van der Waals surface area contributed by atoms with Gasteiger partial charge < -0.3 is 4.74 Å². The molecule has 1 unspecified atom stereocenters. The summed E-state index contributed by atoms with van der Waals surface area (Å²) in [5.74, 6) is 0.225. The van der Waals surface area contributed by atoms with Crippen LogP contribution in [0.15, 0.2) is 18.3 Å². The lowest BCUT2D eigenvalue weighted by molar-refractivity contribution is -0.143. The molecular formula is C14H22N2O2. The van der Waals surface area contributed by atoms with Crippen LogP contribution in [-0.4, -0.2) is 24.1 Å². The Morgan fingerprint density at radius 3 is 2.67 bits per heavy atom. The number of hydrogen-bond acceptors (Lipinski definition) is 4. The maximum Gasteiger partial charge on any atom is 0.322 e. The van der Waals surface area contributed by atoms with Crippen molar-refractivity contribution in [3.8, 4) is 0 Å². The Labute approximate surface area is 109 Å². The van der Waals surface area contributed by atoms with Crippen molar-refractivity contribution in [3.05, 3.63) is 29.6 Å². The van der Waals surface area contributed by atoms with Crippen molar-refractivity contribution < 1.29 is 9.53 Å². The highest BCUT2D eigenvalue weighted by Gasteiger charge is 2.19. The molecule has 4 nitrogen and oxygen atoms in total. The van der Waals surface area contributed by atoms with Crippen LogP contribution in [0, 0.1) is 12.8 Å². The van der Waals surface area contributed by atoms with Crippen molar-refractivity contribution >= 4 is 5.97 Å². The molecule has 0 radical (unpaired) electrons. The Bertz CT molecular complexity index is 374. The number of esters is 1. The molecule has 0 bridgehead atoms. The van der Waals surface area contributed by atoms with Crippen molar-refractivity contribution in [2.45, 2.75) is 39.8 Å². The Morgan fingerprint density at radius 1 is 1.44 bits per heavy atom. The van der Waals surface area contributed by atoms with E-state index in [9.17, 15) is 4.79 Å². The zero-order valence-corrected chi connectivity index (χ0v) is 11.6. The van der Waals surface area contributed by atoms with Crippen molar-refractivity contribution in [3.63, 3.8) is 0 Å². The van der Waals surface area contributed by atoms with E-state index in [1.807, 2.05) is 25.3 Å². The number of aromatic nitrogens is 1. The number of hydrogen-bond donors (Lipinski definition) is 1. The van der Waals surface area contributed by atoms with E-state index in [1.54, 1.807) is 0 Å². The number of methoxy groups -OCH3 is 1. The van der Waals surface area contributed by atoms with E-state index >= 15 is 0 Å². The van der Waals surface area contributed by atoms with Gasteiger partial charge in [0.2, 0.25) is 0 Å². The van der Waals surface area contributed by atoms with Crippen LogP contribution >= 0.6 is 0 Å². The highest BCUT2D eigenvalue weighted by atomic mass is 16.5. The largest absolute Gasteiger partial charge is 0.468 e. The first-order valence-corrected chi connectivity index (χ1v) is 6.25. The molecule has 1 aromatic heterocycles. The van der Waals surface area contributed by atoms with Gasteiger partial charge in [-0.3, -0.25) is 15.1 Å². The third kappa shape index (κ3) is 4.84. The van der Waals surface area contributed by atoms with Gasteiger partial charge in [0, 0.05) is 12.7 Å². The van der Waals surface area contributed by atoms with Crippen LogP contribution in [0.4, 0.5) is 0 Å². The molecule has 100 valence electrons. The highest BCUT2D eigenvalue weighted by Crippen LogP contribution is 2.07. The van der Waals surface area contributed by atoms with Crippen LogP contribution in [-0.2, 0) is 16.1 Å². The fourth-order valence-electron chi connectivity index (χ4n) is 1.71. The van der Waals surface area contributed by atoms with Crippen molar-refractivity contribution in [2.24, 2.45) is 5.92 Å². The second kappa shape index (κ2) is 7.11. The second-order valence-electron chi connectivity index (χ2n) is 4.91. The van der Waals surface area contributed by atoms with Crippen LogP contribution in [0.3, 0.4) is 0 Å². The molecule has 0 amide bonds. The van der Waals surface area contributed by atoms with Gasteiger partial charge in [-0.2, -0.15) is 0 Å². The monoisotopic (exact) mass is 250 g/mol. The van der Waals surface area contributed by atoms with Crippen LogP contribution in [0.1, 0.15) is 31.5 Å². The van der Waals surface area contributed by atoms with Crippen LogP contribution < -0.4 is 5.32 Å². The van der Waals surface area contributed by atoms with Gasteiger partial charge in [-0.15, -0.1) is 0 Å². The maximum atomic E-state index is 11.6. The molecule has 1 atom stereocenters. The number of nitrogens with zero attached hydrogens (tertiary/aromatic N) is 1.